The van der Waals surface area contributed by atoms with Gasteiger partial charge in [-0.2, -0.15) is 0 Å². The van der Waals surface area contributed by atoms with Gasteiger partial charge >= 0.3 is 11.9 Å². The van der Waals surface area contributed by atoms with Crippen LogP contribution in [0.2, 0.25) is 0 Å². The molecule has 31 heavy (non-hydrogen) atoms. The maximum Gasteiger partial charge on any atom is 0.385 e. The van der Waals surface area contributed by atoms with Crippen LogP contribution in [-0.2, 0) is 19.8 Å². The lowest BCUT2D eigenvalue weighted by Crippen LogP contribution is -2.39. The third-order valence-electron chi connectivity index (χ3n) is 5.69. The van der Waals surface area contributed by atoms with Crippen LogP contribution in [0.3, 0.4) is 0 Å². The van der Waals surface area contributed by atoms with Gasteiger partial charge in [0.25, 0.3) is 11.6 Å². The van der Waals surface area contributed by atoms with E-state index in [4.69, 9.17) is 9.47 Å². The van der Waals surface area contributed by atoms with Crippen molar-refractivity contribution in [3.63, 3.8) is 0 Å². The molecule has 0 saturated heterocycles. The van der Waals surface area contributed by atoms with E-state index in [9.17, 15) is 24.0 Å². The fourth-order valence-electron chi connectivity index (χ4n) is 4.47. The Bertz CT molecular complexity index is 1340. The van der Waals surface area contributed by atoms with Crippen LogP contribution >= 0.6 is 11.3 Å². The molecule has 0 aliphatic carbocycles. The van der Waals surface area contributed by atoms with Crippen molar-refractivity contribution in [2.75, 3.05) is 5.32 Å². The molecule has 3 aliphatic rings. The Kier molecular flexibility index (Phi) is 3.28. The van der Waals surface area contributed by atoms with Gasteiger partial charge in [0.05, 0.1) is 21.7 Å². The number of ketones is 2. The minimum Gasteiger partial charge on any atom is -0.420 e. The van der Waals surface area contributed by atoms with Crippen molar-refractivity contribution in [2.45, 2.75) is 5.41 Å². The van der Waals surface area contributed by atoms with E-state index in [1.165, 1.54) is 23.5 Å². The van der Waals surface area contributed by atoms with Gasteiger partial charge in [0, 0.05) is 0 Å². The molecule has 0 saturated carbocycles. The molecule has 8 nitrogen and oxygen atoms in total. The largest absolute Gasteiger partial charge is 0.420 e. The fourth-order valence-corrected chi connectivity index (χ4v) is 5.55. The lowest BCUT2D eigenvalue weighted by atomic mass is 9.69. The molecule has 9 heteroatoms. The van der Waals surface area contributed by atoms with Gasteiger partial charge in [0.1, 0.15) is 16.9 Å². The first-order valence-electron chi connectivity index (χ1n) is 9.14. The molecule has 0 radical (unpaired) electrons. The molecule has 3 aromatic rings. The van der Waals surface area contributed by atoms with Gasteiger partial charge in [-0.15, -0.1) is 11.3 Å². The highest BCUT2D eigenvalue weighted by molar-refractivity contribution is 7.11. The van der Waals surface area contributed by atoms with Crippen LogP contribution in [0, 0.1) is 0 Å². The number of thiophene rings is 1. The molecule has 1 amide bonds. The summed E-state index contributed by atoms with van der Waals surface area (Å²) < 4.78 is 10.1. The van der Waals surface area contributed by atoms with E-state index in [0.717, 1.165) is 0 Å². The van der Waals surface area contributed by atoms with Crippen LogP contribution < -0.4 is 14.8 Å². The summed E-state index contributed by atoms with van der Waals surface area (Å²) in [4.78, 5) is 63.6. The molecule has 150 valence electrons. The first-order valence-corrected chi connectivity index (χ1v) is 10.0. The zero-order valence-corrected chi connectivity index (χ0v) is 16.2. The number of carbonyl (C=O) groups is 5. The van der Waals surface area contributed by atoms with Gasteiger partial charge in [-0.1, -0.05) is 24.3 Å². The highest BCUT2D eigenvalue weighted by Gasteiger charge is 2.56. The quantitative estimate of drug-likeness (QED) is 0.376. The van der Waals surface area contributed by atoms with Gasteiger partial charge in [0.2, 0.25) is 5.91 Å². The normalized spacial score (nSPS) is 17.7. The lowest BCUT2D eigenvalue weighted by molar-refractivity contribution is -0.129. The Labute approximate surface area is 177 Å². The number of Topliss-reactive ketones (excluding diaryl/α,β-unsaturated/α-hetero) is 2. The number of carbonyl (C=O) groups excluding carboxylic acids is 5. The van der Waals surface area contributed by atoms with Crippen molar-refractivity contribution < 1.29 is 33.4 Å². The molecule has 1 aromatic heterocycles. The molecule has 6 rings (SSSR count). The van der Waals surface area contributed by atoms with Crippen LogP contribution in [0.5, 0.6) is 11.5 Å². The van der Waals surface area contributed by atoms with Gasteiger partial charge < -0.3 is 14.8 Å². The number of esters is 2. The summed E-state index contributed by atoms with van der Waals surface area (Å²) in [5.74, 6) is -4.30. The highest BCUT2D eigenvalue weighted by Crippen LogP contribution is 2.54. The van der Waals surface area contributed by atoms with E-state index in [0.29, 0.717) is 10.6 Å². The van der Waals surface area contributed by atoms with Gasteiger partial charge in [-0.25, -0.2) is 9.59 Å². The summed E-state index contributed by atoms with van der Waals surface area (Å²) in [6, 6.07) is 10.9. The van der Waals surface area contributed by atoms with E-state index in [-0.39, 0.29) is 33.8 Å². The molecule has 4 heterocycles. The Morgan fingerprint density at radius 2 is 1.29 bits per heavy atom. The minimum atomic E-state index is -1.66. The molecule has 2 aromatic carbocycles. The summed E-state index contributed by atoms with van der Waals surface area (Å²) in [5, 5.41) is 4.56. The Balaban J connectivity index is 1.77. The Hall–Kier alpha value is -4.11. The molecule has 0 spiro atoms. The van der Waals surface area contributed by atoms with Crippen LogP contribution in [0.15, 0.2) is 47.8 Å². The smallest absolute Gasteiger partial charge is 0.385 e. The third-order valence-corrected chi connectivity index (χ3v) is 6.72. The second-order valence-electron chi connectivity index (χ2n) is 7.16. The van der Waals surface area contributed by atoms with Crippen molar-refractivity contribution in [3.05, 3.63) is 75.0 Å². The van der Waals surface area contributed by atoms with E-state index < -0.39 is 34.8 Å². The molecule has 0 fully saturated rings. The van der Waals surface area contributed by atoms with Crippen molar-refractivity contribution in [1.29, 1.82) is 0 Å². The number of benzene rings is 2. The zero-order valence-electron chi connectivity index (χ0n) is 15.4. The number of rotatable bonds is 2. The number of hydrogen-bond donors (Lipinski definition) is 1. The second-order valence-corrected chi connectivity index (χ2v) is 8.08. The molecular weight excluding hydrogens is 422 g/mol. The van der Waals surface area contributed by atoms with E-state index in [1.54, 1.807) is 35.7 Å². The number of amides is 1. The predicted octanol–water partition coefficient (Wildman–Crippen LogP) is 2.24. The number of nitrogens with one attached hydrogen (secondary N) is 1. The minimum absolute atomic E-state index is 0.0379. The number of ether oxygens (including phenoxy) is 2. The van der Waals surface area contributed by atoms with Crippen molar-refractivity contribution in [1.82, 2.24) is 0 Å². The van der Waals surface area contributed by atoms with Crippen LogP contribution in [0.25, 0.3) is 0 Å². The van der Waals surface area contributed by atoms with Gasteiger partial charge in [0.15, 0.2) is 0 Å². The van der Waals surface area contributed by atoms with Gasteiger partial charge in [-0.3, -0.25) is 14.4 Å². The molecule has 3 aliphatic heterocycles. The summed E-state index contributed by atoms with van der Waals surface area (Å²) in [5.41, 5.74) is -0.841. The number of hydrogen-bond acceptors (Lipinski definition) is 8. The van der Waals surface area contributed by atoms with Crippen molar-refractivity contribution >= 4 is 46.4 Å². The van der Waals surface area contributed by atoms with Crippen LogP contribution in [0.4, 0.5) is 5.69 Å². The Morgan fingerprint density at radius 3 is 1.84 bits per heavy atom. The molecule has 0 unspecified atom stereocenters. The number of anilines is 1. The van der Waals surface area contributed by atoms with E-state index >= 15 is 0 Å². The highest BCUT2D eigenvalue weighted by atomic mass is 32.1. The Morgan fingerprint density at radius 1 is 0.742 bits per heavy atom. The first-order chi connectivity index (χ1) is 14.9. The second kappa shape index (κ2) is 5.73. The number of fused-ring (bicyclic) bond motifs is 3. The summed E-state index contributed by atoms with van der Waals surface area (Å²) in [6.45, 7) is 0. The zero-order chi connectivity index (χ0) is 21.5. The molecular formula is C22H9NO7S. The maximum absolute atomic E-state index is 13.6. The van der Waals surface area contributed by atoms with E-state index in [1.807, 2.05) is 0 Å². The molecule has 1 N–H and O–H groups in total. The molecule has 0 bridgehead atoms. The third kappa shape index (κ3) is 2.00. The average molecular weight is 431 g/mol. The van der Waals surface area contributed by atoms with Crippen molar-refractivity contribution in [3.8, 4) is 11.5 Å². The summed E-state index contributed by atoms with van der Waals surface area (Å²) >= 11 is 1.25. The van der Waals surface area contributed by atoms with Crippen LogP contribution in [-0.4, -0.2) is 29.4 Å². The fraction of sp³-hybridized carbons (Fsp3) is 0.0455. The predicted molar refractivity (Wildman–Crippen MR) is 106 cm³/mol. The summed E-state index contributed by atoms with van der Waals surface area (Å²) in [6.07, 6.45) is 0. The standard InChI is InChI=1S/C22H9NO7S/c24-16-14-9(3-1-5-12(14)29-19(16)26)22(18-11(7-8-31-18)23-21(22)28)10-4-2-6-13-15(10)17(25)20(27)30-13/h1-8H,(H,23,28). The first kappa shape index (κ1) is 17.7. The monoisotopic (exact) mass is 431 g/mol. The lowest BCUT2D eigenvalue weighted by Gasteiger charge is -2.30. The topological polar surface area (TPSA) is 116 Å². The average Bonchev–Trinajstić information content (AvgIpc) is 3.46. The van der Waals surface area contributed by atoms with E-state index in [2.05, 4.69) is 5.32 Å². The SMILES string of the molecule is O=C1Oc2cccc(C3(c4cccc5c4C(=O)C(=O)O5)C(=O)Nc4ccsc43)c2C1=O. The maximum atomic E-state index is 13.6. The van der Waals surface area contributed by atoms with Gasteiger partial charge in [-0.05, 0) is 34.7 Å². The molecule has 0 atom stereocenters. The van der Waals surface area contributed by atoms with Crippen LogP contribution in [0.1, 0.15) is 36.7 Å². The summed E-state index contributed by atoms with van der Waals surface area (Å²) in [7, 11) is 0. The van der Waals surface area contributed by atoms with Crippen molar-refractivity contribution in [2.24, 2.45) is 0 Å².